The predicted molar refractivity (Wildman–Crippen MR) is 80.8 cm³/mol. The van der Waals surface area contributed by atoms with Crippen molar-refractivity contribution in [2.75, 3.05) is 24.9 Å². The van der Waals surface area contributed by atoms with Gasteiger partial charge in [-0.1, -0.05) is 27.5 Å². The van der Waals surface area contributed by atoms with E-state index in [1.54, 1.807) is 12.1 Å². The molecule has 0 atom stereocenters. The third-order valence-electron chi connectivity index (χ3n) is 2.54. The van der Waals surface area contributed by atoms with E-state index in [1.807, 2.05) is 0 Å². The van der Waals surface area contributed by atoms with Gasteiger partial charge in [0.25, 0.3) is 0 Å². The number of alkyl halides is 1. The van der Waals surface area contributed by atoms with Gasteiger partial charge < -0.3 is 14.8 Å². The van der Waals surface area contributed by atoms with E-state index >= 15 is 0 Å². The Hall–Kier alpha value is -0.940. The first-order valence-electron chi connectivity index (χ1n) is 5.89. The van der Waals surface area contributed by atoms with E-state index in [-0.39, 0.29) is 5.91 Å². The van der Waals surface area contributed by atoms with Crippen LogP contribution in [0.1, 0.15) is 19.3 Å². The van der Waals surface area contributed by atoms with Gasteiger partial charge in [-0.15, -0.1) is 0 Å². The molecule has 0 aromatic heterocycles. The average Bonchev–Trinajstić information content (AvgIpc) is 2.39. The summed E-state index contributed by atoms with van der Waals surface area (Å²) in [6.45, 7) is 0. The van der Waals surface area contributed by atoms with Gasteiger partial charge in [-0.2, -0.15) is 0 Å². The fourth-order valence-corrected chi connectivity index (χ4v) is 2.19. The van der Waals surface area contributed by atoms with Crippen LogP contribution in [0.3, 0.4) is 0 Å². The number of unbranched alkanes of at least 4 members (excludes halogenated alkanes) is 1. The van der Waals surface area contributed by atoms with E-state index in [1.165, 1.54) is 14.2 Å². The highest BCUT2D eigenvalue weighted by molar-refractivity contribution is 9.09. The molecule has 1 amide bonds. The SMILES string of the molecule is COc1cc(OC)c(NC(=O)CCCCBr)cc1Cl. The highest BCUT2D eigenvalue weighted by Crippen LogP contribution is 2.35. The van der Waals surface area contributed by atoms with E-state index in [0.29, 0.717) is 28.6 Å². The largest absolute Gasteiger partial charge is 0.495 e. The zero-order chi connectivity index (χ0) is 14.3. The first-order chi connectivity index (χ1) is 9.12. The van der Waals surface area contributed by atoms with Crippen molar-refractivity contribution in [3.8, 4) is 11.5 Å². The maximum atomic E-state index is 11.8. The fourth-order valence-electron chi connectivity index (χ4n) is 1.55. The van der Waals surface area contributed by atoms with Crippen LogP contribution in [0.4, 0.5) is 5.69 Å². The summed E-state index contributed by atoms with van der Waals surface area (Å²) >= 11 is 9.36. The van der Waals surface area contributed by atoms with E-state index in [4.69, 9.17) is 21.1 Å². The molecule has 0 fully saturated rings. The van der Waals surface area contributed by atoms with Crippen LogP contribution < -0.4 is 14.8 Å². The van der Waals surface area contributed by atoms with Gasteiger partial charge in [-0.3, -0.25) is 4.79 Å². The molecule has 1 aromatic carbocycles. The number of carbonyl (C=O) groups excluding carboxylic acids is 1. The molecule has 1 N–H and O–H groups in total. The maximum absolute atomic E-state index is 11.8. The Labute approximate surface area is 126 Å². The standard InChI is InChI=1S/C13H17BrClNO3/c1-18-11-8-12(19-2)10(7-9(11)15)16-13(17)5-3-4-6-14/h7-8H,3-6H2,1-2H3,(H,16,17). The van der Waals surface area contributed by atoms with Crippen LogP contribution in [0.25, 0.3) is 0 Å². The summed E-state index contributed by atoms with van der Waals surface area (Å²) in [5, 5.41) is 4.12. The lowest BCUT2D eigenvalue weighted by atomic mass is 10.2. The molecule has 0 saturated carbocycles. The molecule has 6 heteroatoms. The van der Waals surface area contributed by atoms with Gasteiger partial charge in [0.2, 0.25) is 5.91 Å². The zero-order valence-electron chi connectivity index (χ0n) is 11.0. The second-order valence-corrected chi connectivity index (χ2v) is 5.08. The second-order valence-electron chi connectivity index (χ2n) is 3.88. The van der Waals surface area contributed by atoms with Gasteiger partial charge in [0.15, 0.2) is 0 Å². The number of benzene rings is 1. The molecule has 0 aliphatic heterocycles. The highest BCUT2D eigenvalue weighted by atomic mass is 79.9. The lowest BCUT2D eigenvalue weighted by Crippen LogP contribution is -2.12. The zero-order valence-corrected chi connectivity index (χ0v) is 13.3. The summed E-state index contributed by atoms with van der Waals surface area (Å²) in [6.07, 6.45) is 2.27. The van der Waals surface area contributed by atoms with Crippen LogP contribution >= 0.6 is 27.5 Å². The summed E-state index contributed by atoms with van der Waals surface area (Å²) in [4.78, 5) is 11.8. The molecular formula is C13H17BrClNO3. The average molecular weight is 351 g/mol. The minimum absolute atomic E-state index is 0.0551. The Morgan fingerprint density at radius 3 is 2.53 bits per heavy atom. The van der Waals surface area contributed by atoms with Crippen molar-refractivity contribution in [3.05, 3.63) is 17.2 Å². The summed E-state index contributed by atoms with van der Waals surface area (Å²) in [6, 6.07) is 3.28. The van der Waals surface area contributed by atoms with Crippen molar-refractivity contribution in [3.63, 3.8) is 0 Å². The number of methoxy groups -OCH3 is 2. The molecule has 1 rings (SSSR count). The van der Waals surface area contributed by atoms with Gasteiger partial charge in [-0.05, 0) is 18.9 Å². The lowest BCUT2D eigenvalue weighted by molar-refractivity contribution is -0.116. The Balaban J connectivity index is 2.76. The molecule has 0 aliphatic carbocycles. The number of halogens is 2. The molecule has 19 heavy (non-hydrogen) atoms. The summed E-state index contributed by atoms with van der Waals surface area (Å²) in [7, 11) is 3.06. The smallest absolute Gasteiger partial charge is 0.224 e. The van der Waals surface area contributed by atoms with Crippen molar-refractivity contribution in [1.29, 1.82) is 0 Å². The van der Waals surface area contributed by atoms with Gasteiger partial charge in [0.05, 0.1) is 24.9 Å². The van der Waals surface area contributed by atoms with E-state index < -0.39 is 0 Å². The van der Waals surface area contributed by atoms with Crippen molar-refractivity contribution in [2.45, 2.75) is 19.3 Å². The van der Waals surface area contributed by atoms with Crippen LogP contribution in [0.15, 0.2) is 12.1 Å². The number of anilines is 1. The number of hydrogen-bond donors (Lipinski definition) is 1. The van der Waals surface area contributed by atoms with Gasteiger partial charge in [-0.25, -0.2) is 0 Å². The highest BCUT2D eigenvalue weighted by Gasteiger charge is 2.12. The van der Waals surface area contributed by atoms with Crippen LogP contribution in [-0.4, -0.2) is 25.5 Å². The molecule has 106 valence electrons. The summed E-state index contributed by atoms with van der Waals surface area (Å²) in [5.74, 6) is 0.978. The van der Waals surface area contributed by atoms with Crippen LogP contribution in [0.5, 0.6) is 11.5 Å². The van der Waals surface area contributed by atoms with Crippen LogP contribution in [0, 0.1) is 0 Å². The molecule has 0 spiro atoms. The van der Waals surface area contributed by atoms with E-state index in [9.17, 15) is 4.79 Å². The predicted octanol–water partition coefficient (Wildman–Crippen LogP) is 3.86. The summed E-state index contributed by atoms with van der Waals surface area (Å²) in [5.41, 5.74) is 0.553. The van der Waals surface area contributed by atoms with Crippen molar-refractivity contribution < 1.29 is 14.3 Å². The van der Waals surface area contributed by atoms with E-state index in [0.717, 1.165) is 18.2 Å². The number of amides is 1. The third-order valence-corrected chi connectivity index (χ3v) is 3.39. The number of hydrogen-bond acceptors (Lipinski definition) is 3. The molecule has 4 nitrogen and oxygen atoms in total. The topological polar surface area (TPSA) is 47.6 Å². The van der Waals surface area contributed by atoms with Gasteiger partial charge >= 0.3 is 0 Å². The maximum Gasteiger partial charge on any atom is 0.224 e. The third kappa shape index (κ3) is 4.91. The normalized spacial score (nSPS) is 10.1. The number of carbonyl (C=O) groups is 1. The molecule has 0 bridgehead atoms. The quantitative estimate of drug-likeness (QED) is 0.600. The lowest BCUT2D eigenvalue weighted by Gasteiger charge is -2.13. The molecule has 0 unspecified atom stereocenters. The van der Waals surface area contributed by atoms with Gasteiger partial charge in [0, 0.05) is 17.8 Å². The van der Waals surface area contributed by atoms with Crippen LogP contribution in [-0.2, 0) is 4.79 Å². The number of ether oxygens (including phenoxy) is 2. The molecule has 0 radical (unpaired) electrons. The minimum atomic E-state index is -0.0551. The first kappa shape index (κ1) is 16.1. The molecule has 1 aromatic rings. The van der Waals surface area contributed by atoms with Crippen LogP contribution in [0.2, 0.25) is 5.02 Å². The Kier molecular flexibility index (Phi) is 7.02. The Bertz CT molecular complexity index is 440. The van der Waals surface area contributed by atoms with Crippen molar-refractivity contribution >= 4 is 39.1 Å². The molecule has 0 heterocycles. The second kappa shape index (κ2) is 8.27. The monoisotopic (exact) mass is 349 g/mol. The van der Waals surface area contributed by atoms with E-state index in [2.05, 4.69) is 21.2 Å². The minimum Gasteiger partial charge on any atom is -0.495 e. The van der Waals surface area contributed by atoms with Gasteiger partial charge in [0.1, 0.15) is 11.5 Å². The fraction of sp³-hybridized carbons (Fsp3) is 0.462. The molecule has 0 saturated heterocycles. The molecule has 0 aliphatic rings. The number of rotatable bonds is 7. The summed E-state index contributed by atoms with van der Waals surface area (Å²) < 4.78 is 10.3. The van der Waals surface area contributed by atoms with Crippen molar-refractivity contribution in [2.24, 2.45) is 0 Å². The molecular weight excluding hydrogens is 334 g/mol. The number of nitrogens with one attached hydrogen (secondary N) is 1. The Morgan fingerprint density at radius 2 is 1.95 bits per heavy atom. The van der Waals surface area contributed by atoms with Crippen molar-refractivity contribution in [1.82, 2.24) is 0 Å². The Morgan fingerprint density at radius 1 is 1.26 bits per heavy atom. The first-order valence-corrected chi connectivity index (χ1v) is 7.39.